The van der Waals surface area contributed by atoms with Crippen LogP contribution in [0.1, 0.15) is 86.5 Å². The van der Waals surface area contributed by atoms with Crippen LogP contribution in [0.5, 0.6) is 0 Å². The van der Waals surface area contributed by atoms with E-state index in [1.54, 1.807) is 0 Å². The minimum absolute atomic E-state index is 1.08. The molecule has 0 aromatic heterocycles. The standard InChI is InChI=1S/C32H36/c1-2-4-6-8-14-22-30-25-28(19-11-7-5-3-1)26-32(29-20-15-10-16-21-29)31(30)24-23-27-17-12-9-13-18-27/h9-10,12-13,15-18,20-21,25-26H,1-8,11,14,19,22H2. The zero-order chi connectivity index (χ0) is 21.8. The van der Waals surface area contributed by atoms with Gasteiger partial charge in [0.2, 0.25) is 0 Å². The molecule has 1 aliphatic carbocycles. The van der Waals surface area contributed by atoms with Crippen molar-refractivity contribution in [1.82, 2.24) is 0 Å². The number of hydrogen-bond donors (Lipinski definition) is 0. The van der Waals surface area contributed by atoms with Gasteiger partial charge >= 0.3 is 0 Å². The van der Waals surface area contributed by atoms with Crippen molar-refractivity contribution in [3.05, 3.63) is 95.1 Å². The first-order chi connectivity index (χ1) is 15.9. The largest absolute Gasteiger partial charge is 0.0622 e. The lowest BCUT2D eigenvalue weighted by Gasteiger charge is -2.15. The van der Waals surface area contributed by atoms with Gasteiger partial charge in [-0.05, 0) is 66.1 Å². The molecule has 0 saturated heterocycles. The molecule has 0 nitrogen and oxygen atoms in total. The molecule has 0 heterocycles. The minimum Gasteiger partial charge on any atom is -0.0622 e. The normalized spacial score (nSPS) is 15.6. The van der Waals surface area contributed by atoms with Crippen LogP contribution in [0.4, 0.5) is 0 Å². The minimum atomic E-state index is 1.08. The van der Waals surface area contributed by atoms with Gasteiger partial charge in [0.15, 0.2) is 0 Å². The van der Waals surface area contributed by atoms with Crippen LogP contribution >= 0.6 is 0 Å². The van der Waals surface area contributed by atoms with Crippen molar-refractivity contribution in [1.29, 1.82) is 0 Å². The molecule has 0 aliphatic heterocycles. The Labute approximate surface area is 195 Å². The van der Waals surface area contributed by atoms with E-state index in [1.165, 1.54) is 98.4 Å². The van der Waals surface area contributed by atoms with E-state index in [0.717, 1.165) is 12.0 Å². The Hall–Kier alpha value is -2.78. The van der Waals surface area contributed by atoms with E-state index in [2.05, 4.69) is 84.6 Å². The zero-order valence-electron chi connectivity index (χ0n) is 19.4. The predicted octanol–water partition coefficient (Wildman–Crippen LogP) is 8.75. The van der Waals surface area contributed by atoms with Gasteiger partial charge in [-0.2, -0.15) is 0 Å². The van der Waals surface area contributed by atoms with Crippen LogP contribution in [0.15, 0.2) is 72.8 Å². The van der Waals surface area contributed by atoms with Crippen molar-refractivity contribution in [2.45, 2.75) is 77.0 Å². The Kier molecular flexibility index (Phi) is 8.62. The highest BCUT2D eigenvalue weighted by atomic mass is 14.2. The molecule has 0 fully saturated rings. The van der Waals surface area contributed by atoms with Crippen LogP contribution < -0.4 is 0 Å². The highest BCUT2D eigenvalue weighted by molar-refractivity contribution is 5.74. The van der Waals surface area contributed by atoms with E-state index < -0.39 is 0 Å². The summed E-state index contributed by atoms with van der Waals surface area (Å²) in [6.45, 7) is 0. The predicted molar refractivity (Wildman–Crippen MR) is 138 cm³/mol. The molecular weight excluding hydrogens is 384 g/mol. The maximum atomic E-state index is 3.60. The average Bonchev–Trinajstić information content (AvgIpc) is 2.85. The van der Waals surface area contributed by atoms with Gasteiger partial charge in [0.1, 0.15) is 0 Å². The van der Waals surface area contributed by atoms with Crippen LogP contribution in [0.25, 0.3) is 11.1 Å². The van der Waals surface area contributed by atoms with E-state index >= 15 is 0 Å². The summed E-state index contributed by atoms with van der Waals surface area (Å²) in [5.41, 5.74) is 7.84. The molecular formula is C32H36. The maximum Gasteiger partial charge on any atom is 0.0359 e. The fourth-order valence-electron chi connectivity index (χ4n) is 4.82. The summed E-state index contributed by atoms with van der Waals surface area (Å²) in [7, 11) is 0. The highest BCUT2D eigenvalue weighted by Gasteiger charge is 2.12. The van der Waals surface area contributed by atoms with Crippen LogP contribution in [0, 0.1) is 11.8 Å². The van der Waals surface area contributed by atoms with Gasteiger partial charge in [-0.3, -0.25) is 0 Å². The molecule has 1 aliphatic rings. The van der Waals surface area contributed by atoms with E-state index in [1.807, 2.05) is 0 Å². The second-order valence-electron chi connectivity index (χ2n) is 9.20. The Morgan fingerprint density at radius 2 is 1.06 bits per heavy atom. The average molecular weight is 421 g/mol. The van der Waals surface area contributed by atoms with Crippen LogP contribution in [-0.2, 0) is 12.8 Å². The van der Waals surface area contributed by atoms with Gasteiger partial charge < -0.3 is 0 Å². The van der Waals surface area contributed by atoms with Crippen LogP contribution in [-0.4, -0.2) is 0 Å². The van der Waals surface area contributed by atoms with Gasteiger partial charge in [0.05, 0.1) is 0 Å². The van der Waals surface area contributed by atoms with Crippen LogP contribution in [0.3, 0.4) is 0 Å². The monoisotopic (exact) mass is 420 g/mol. The fraction of sp³-hybridized carbons (Fsp3) is 0.375. The Bertz CT molecular complexity index is 1020. The van der Waals surface area contributed by atoms with E-state index in [0.29, 0.717) is 0 Å². The van der Waals surface area contributed by atoms with Crippen molar-refractivity contribution in [2.75, 3.05) is 0 Å². The Balaban J connectivity index is 1.73. The molecule has 0 amide bonds. The lowest BCUT2D eigenvalue weighted by Crippen LogP contribution is -1.99. The maximum absolute atomic E-state index is 3.60. The summed E-state index contributed by atoms with van der Waals surface area (Å²) in [4.78, 5) is 0. The molecule has 0 unspecified atom stereocenters. The number of rotatable bonds is 1. The summed E-state index contributed by atoms with van der Waals surface area (Å²) in [5.74, 6) is 7.06. The molecule has 164 valence electrons. The molecule has 0 spiro atoms. The quantitative estimate of drug-likeness (QED) is 0.345. The second-order valence-corrected chi connectivity index (χ2v) is 9.20. The summed E-state index contributed by atoms with van der Waals surface area (Å²) in [6.07, 6.45) is 16.0. The van der Waals surface area contributed by atoms with Gasteiger partial charge in [0.25, 0.3) is 0 Å². The molecule has 32 heavy (non-hydrogen) atoms. The Morgan fingerprint density at radius 1 is 0.500 bits per heavy atom. The van der Waals surface area contributed by atoms with Crippen molar-refractivity contribution in [3.63, 3.8) is 0 Å². The molecule has 0 radical (unpaired) electrons. The van der Waals surface area contributed by atoms with Crippen molar-refractivity contribution in [3.8, 4) is 23.0 Å². The van der Waals surface area contributed by atoms with E-state index in [-0.39, 0.29) is 0 Å². The lowest BCUT2D eigenvalue weighted by molar-refractivity contribution is 0.553. The van der Waals surface area contributed by atoms with E-state index in [9.17, 15) is 0 Å². The molecule has 0 atom stereocenters. The molecule has 0 N–H and O–H groups in total. The van der Waals surface area contributed by atoms with Gasteiger partial charge in [-0.1, -0.05) is 118 Å². The topological polar surface area (TPSA) is 0 Å². The number of aryl methyl sites for hydroxylation is 2. The first kappa shape index (κ1) is 22.4. The molecule has 2 bridgehead atoms. The molecule has 4 rings (SSSR count). The first-order valence-electron chi connectivity index (χ1n) is 12.7. The highest BCUT2D eigenvalue weighted by Crippen LogP contribution is 2.30. The van der Waals surface area contributed by atoms with Crippen molar-refractivity contribution < 1.29 is 0 Å². The van der Waals surface area contributed by atoms with Crippen molar-refractivity contribution >= 4 is 0 Å². The third-order valence-corrected chi connectivity index (χ3v) is 6.63. The smallest absolute Gasteiger partial charge is 0.0359 e. The second kappa shape index (κ2) is 12.3. The number of fused-ring (bicyclic) bond motifs is 2. The zero-order valence-corrected chi connectivity index (χ0v) is 19.4. The van der Waals surface area contributed by atoms with Gasteiger partial charge in [-0.25, -0.2) is 0 Å². The lowest BCUT2D eigenvalue weighted by atomic mass is 9.89. The third-order valence-electron chi connectivity index (χ3n) is 6.63. The number of hydrogen-bond acceptors (Lipinski definition) is 0. The fourth-order valence-corrected chi connectivity index (χ4v) is 4.82. The molecule has 0 heteroatoms. The summed E-state index contributed by atoms with van der Waals surface area (Å²) < 4.78 is 0. The van der Waals surface area contributed by atoms with Gasteiger partial charge in [0, 0.05) is 11.1 Å². The SMILES string of the molecule is C(#Cc1c2cc(cc1-c1ccccc1)CCCCCCCCCCCC2)c1ccccc1. The van der Waals surface area contributed by atoms with Crippen LogP contribution in [0.2, 0.25) is 0 Å². The van der Waals surface area contributed by atoms with E-state index in [4.69, 9.17) is 0 Å². The molecule has 3 aromatic rings. The van der Waals surface area contributed by atoms with Crippen molar-refractivity contribution in [2.24, 2.45) is 0 Å². The number of benzene rings is 3. The first-order valence-corrected chi connectivity index (χ1v) is 12.7. The van der Waals surface area contributed by atoms with Gasteiger partial charge in [-0.15, -0.1) is 0 Å². The molecule has 0 saturated carbocycles. The summed E-state index contributed by atoms with van der Waals surface area (Å²) in [5, 5.41) is 0. The third kappa shape index (κ3) is 6.61. The molecule has 3 aromatic carbocycles. The Morgan fingerprint density at radius 3 is 1.72 bits per heavy atom. The summed E-state index contributed by atoms with van der Waals surface area (Å²) >= 11 is 0. The summed E-state index contributed by atoms with van der Waals surface area (Å²) in [6, 6.07) is 26.2.